The van der Waals surface area contributed by atoms with E-state index in [1.807, 2.05) is 0 Å². The van der Waals surface area contributed by atoms with Crippen LogP contribution in [0.1, 0.15) is 11.1 Å². The lowest BCUT2D eigenvalue weighted by Gasteiger charge is -2.12. The van der Waals surface area contributed by atoms with Gasteiger partial charge in [0.15, 0.2) is 16.6 Å². The Labute approximate surface area is 150 Å². The van der Waals surface area contributed by atoms with Gasteiger partial charge in [-0.3, -0.25) is 5.43 Å². The van der Waals surface area contributed by atoms with E-state index < -0.39 is 11.7 Å². The lowest BCUT2D eigenvalue weighted by molar-refractivity contribution is -0.137. The predicted octanol–water partition coefficient (Wildman–Crippen LogP) is 4.09. The number of halogens is 4. The molecule has 0 atom stereocenters. The van der Waals surface area contributed by atoms with Crippen LogP contribution in [0.2, 0.25) is 5.02 Å². The van der Waals surface area contributed by atoms with Gasteiger partial charge in [0.1, 0.15) is 0 Å². The number of aromatic hydroxyl groups is 2. The lowest BCUT2D eigenvalue weighted by atomic mass is 10.2. The molecule has 0 amide bonds. The Morgan fingerprint density at radius 1 is 1.20 bits per heavy atom. The van der Waals surface area contributed by atoms with Crippen molar-refractivity contribution in [2.24, 2.45) is 5.10 Å². The van der Waals surface area contributed by atoms with E-state index in [-0.39, 0.29) is 32.9 Å². The van der Waals surface area contributed by atoms with Crippen LogP contribution in [0.4, 0.5) is 18.9 Å². The number of nitrogens with zero attached hydrogens (tertiary/aromatic N) is 1. The molecule has 0 spiro atoms. The highest BCUT2D eigenvalue weighted by molar-refractivity contribution is 7.80. The Bertz CT molecular complexity index is 828. The average Bonchev–Trinajstić information content (AvgIpc) is 2.52. The summed E-state index contributed by atoms with van der Waals surface area (Å²) in [6.45, 7) is 0. The van der Waals surface area contributed by atoms with Crippen LogP contribution >= 0.6 is 23.8 Å². The second-order valence-electron chi connectivity index (χ2n) is 4.73. The number of para-hydroxylation sites is 1. The fraction of sp³-hybridized carbons (Fsp3) is 0.0667. The highest BCUT2D eigenvalue weighted by Crippen LogP contribution is 2.33. The fourth-order valence-corrected chi connectivity index (χ4v) is 2.09. The van der Waals surface area contributed by atoms with Crippen molar-refractivity contribution in [3.63, 3.8) is 0 Å². The molecule has 0 saturated heterocycles. The highest BCUT2D eigenvalue weighted by atomic mass is 35.5. The third-order valence-corrected chi connectivity index (χ3v) is 3.48. The Morgan fingerprint density at radius 3 is 2.60 bits per heavy atom. The zero-order valence-electron chi connectivity index (χ0n) is 12.3. The van der Waals surface area contributed by atoms with Gasteiger partial charge >= 0.3 is 6.18 Å². The Kier molecular flexibility index (Phi) is 5.70. The molecule has 5 nitrogen and oxygen atoms in total. The van der Waals surface area contributed by atoms with Gasteiger partial charge in [-0.2, -0.15) is 18.3 Å². The number of hydrazone groups is 1. The van der Waals surface area contributed by atoms with Crippen LogP contribution in [0, 0.1) is 0 Å². The van der Waals surface area contributed by atoms with Gasteiger partial charge in [-0.05, 0) is 42.5 Å². The third-order valence-electron chi connectivity index (χ3n) is 2.96. The van der Waals surface area contributed by atoms with Gasteiger partial charge in [-0.25, -0.2) is 0 Å². The zero-order chi connectivity index (χ0) is 18.6. The maximum Gasteiger partial charge on any atom is 0.416 e. The molecule has 0 bridgehead atoms. The summed E-state index contributed by atoms with van der Waals surface area (Å²) in [6.07, 6.45) is -3.34. The van der Waals surface area contributed by atoms with Crippen molar-refractivity contribution in [2.75, 3.05) is 5.32 Å². The predicted molar refractivity (Wildman–Crippen MR) is 93.2 cm³/mol. The molecule has 4 N–H and O–H groups in total. The number of nitrogens with one attached hydrogen (secondary N) is 2. The van der Waals surface area contributed by atoms with Crippen molar-refractivity contribution < 1.29 is 23.4 Å². The largest absolute Gasteiger partial charge is 0.504 e. The van der Waals surface area contributed by atoms with Gasteiger partial charge in [0.05, 0.1) is 22.5 Å². The van der Waals surface area contributed by atoms with E-state index in [9.17, 15) is 23.4 Å². The number of hydrogen-bond acceptors (Lipinski definition) is 4. The normalized spacial score (nSPS) is 11.5. The van der Waals surface area contributed by atoms with Crippen molar-refractivity contribution in [3.8, 4) is 11.5 Å². The topological polar surface area (TPSA) is 76.9 Å². The zero-order valence-corrected chi connectivity index (χ0v) is 13.9. The number of hydrogen-bond donors (Lipinski definition) is 4. The van der Waals surface area contributed by atoms with Crippen molar-refractivity contribution in [2.45, 2.75) is 6.18 Å². The molecule has 2 aromatic rings. The van der Waals surface area contributed by atoms with Crippen LogP contribution in [0.5, 0.6) is 11.5 Å². The summed E-state index contributed by atoms with van der Waals surface area (Å²) in [7, 11) is 0. The maximum atomic E-state index is 12.7. The van der Waals surface area contributed by atoms with E-state index in [1.54, 1.807) is 0 Å². The number of anilines is 1. The van der Waals surface area contributed by atoms with Gasteiger partial charge in [-0.1, -0.05) is 17.7 Å². The first kappa shape index (κ1) is 18.8. The quantitative estimate of drug-likeness (QED) is 0.275. The summed E-state index contributed by atoms with van der Waals surface area (Å²) in [5.41, 5.74) is 1.67. The molecule has 0 unspecified atom stereocenters. The minimum absolute atomic E-state index is 0.0376. The van der Waals surface area contributed by atoms with E-state index in [2.05, 4.69) is 15.8 Å². The number of alkyl halides is 3. The molecule has 25 heavy (non-hydrogen) atoms. The van der Waals surface area contributed by atoms with E-state index >= 15 is 0 Å². The summed E-state index contributed by atoms with van der Waals surface area (Å²) in [4.78, 5) is 0. The smallest absolute Gasteiger partial charge is 0.416 e. The third kappa shape index (κ3) is 4.97. The van der Waals surface area contributed by atoms with Crippen molar-refractivity contribution in [1.82, 2.24) is 5.43 Å². The molecule has 132 valence electrons. The molecule has 0 heterocycles. The van der Waals surface area contributed by atoms with Gasteiger partial charge in [0, 0.05) is 5.56 Å². The Morgan fingerprint density at radius 2 is 1.92 bits per heavy atom. The number of phenols is 2. The average molecular weight is 390 g/mol. The fourth-order valence-electron chi connectivity index (χ4n) is 1.76. The molecule has 2 aromatic carbocycles. The molecule has 0 aliphatic carbocycles. The maximum absolute atomic E-state index is 12.7. The Balaban J connectivity index is 2.05. The first-order valence-electron chi connectivity index (χ1n) is 6.66. The minimum atomic E-state index is -4.51. The number of benzene rings is 2. The molecule has 0 aromatic heterocycles. The first-order valence-corrected chi connectivity index (χ1v) is 7.45. The second-order valence-corrected chi connectivity index (χ2v) is 5.55. The van der Waals surface area contributed by atoms with E-state index in [1.165, 1.54) is 24.4 Å². The lowest BCUT2D eigenvalue weighted by Crippen LogP contribution is -2.24. The number of thiocarbonyl (C=S) groups is 1. The summed E-state index contributed by atoms with van der Waals surface area (Å²) in [6, 6.07) is 7.05. The van der Waals surface area contributed by atoms with Gasteiger partial charge in [0.2, 0.25) is 0 Å². The van der Waals surface area contributed by atoms with Crippen molar-refractivity contribution in [1.29, 1.82) is 0 Å². The highest BCUT2D eigenvalue weighted by Gasteiger charge is 2.31. The van der Waals surface area contributed by atoms with Gasteiger partial charge in [-0.15, -0.1) is 0 Å². The van der Waals surface area contributed by atoms with Gasteiger partial charge in [0.25, 0.3) is 0 Å². The van der Waals surface area contributed by atoms with Gasteiger partial charge < -0.3 is 15.5 Å². The van der Waals surface area contributed by atoms with Crippen LogP contribution in [0.15, 0.2) is 41.5 Å². The second kappa shape index (κ2) is 7.58. The van der Waals surface area contributed by atoms with Crippen LogP contribution in [-0.4, -0.2) is 21.5 Å². The molecule has 10 heteroatoms. The molecule has 2 rings (SSSR count). The molecule has 0 aliphatic rings. The summed E-state index contributed by atoms with van der Waals surface area (Å²) in [5.74, 6) is -0.687. The van der Waals surface area contributed by atoms with Crippen LogP contribution < -0.4 is 10.7 Å². The standard InChI is InChI=1S/C15H11ClF3N3O2S/c16-10-5-4-9(15(17,18)19)6-11(10)21-14(25)22-20-7-8-2-1-3-12(23)13(8)24/h1-7,23-24H,(H2,21,22,25)/b20-7+. The summed E-state index contributed by atoms with van der Waals surface area (Å²) >= 11 is 10.8. The van der Waals surface area contributed by atoms with Crippen LogP contribution in [0.25, 0.3) is 0 Å². The van der Waals surface area contributed by atoms with E-state index in [0.717, 1.165) is 18.2 Å². The molecule has 0 radical (unpaired) electrons. The Hall–Kier alpha value is -2.52. The van der Waals surface area contributed by atoms with Crippen molar-refractivity contribution in [3.05, 3.63) is 52.5 Å². The first-order chi connectivity index (χ1) is 11.7. The SMILES string of the molecule is Oc1cccc(/C=N/NC(=S)Nc2cc(C(F)(F)F)ccc2Cl)c1O. The molecule has 0 aliphatic heterocycles. The number of phenolic OH excluding ortho intramolecular Hbond substituents is 2. The van der Waals surface area contributed by atoms with E-state index in [0.29, 0.717) is 0 Å². The van der Waals surface area contributed by atoms with Crippen LogP contribution in [-0.2, 0) is 6.18 Å². The molecular weight excluding hydrogens is 379 g/mol. The summed E-state index contributed by atoms with van der Waals surface area (Å²) in [5, 5.41) is 25.1. The number of rotatable bonds is 3. The minimum Gasteiger partial charge on any atom is -0.504 e. The molecular formula is C15H11ClF3N3O2S. The summed E-state index contributed by atoms with van der Waals surface area (Å²) < 4.78 is 38.1. The monoisotopic (exact) mass is 389 g/mol. The van der Waals surface area contributed by atoms with Crippen molar-refractivity contribution >= 4 is 40.8 Å². The van der Waals surface area contributed by atoms with E-state index in [4.69, 9.17) is 23.8 Å². The molecule has 0 fully saturated rings. The molecule has 0 saturated carbocycles. The van der Waals surface area contributed by atoms with Crippen LogP contribution in [0.3, 0.4) is 0 Å².